The molecule has 2 rings (SSSR count). The largest absolute Gasteiger partial charge is 0.449 e. The highest BCUT2D eigenvalue weighted by Crippen LogP contribution is 2.28. The monoisotopic (exact) mass is 389 g/mol. The molecule has 0 saturated carbocycles. The van der Waals surface area contributed by atoms with Crippen LogP contribution in [0.4, 0.5) is 17.1 Å². The Morgan fingerprint density at radius 3 is 2.46 bits per heavy atom. The van der Waals surface area contributed by atoms with Gasteiger partial charge in [-0.25, -0.2) is 4.79 Å². The first-order valence-corrected chi connectivity index (χ1v) is 8.50. The van der Waals surface area contributed by atoms with Gasteiger partial charge in [0.1, 0.15) is 5.69 Å². The van der Waals surface area contributed by atoms with E-state index >= 15 is 0 Å². The van der Waals surface area contributed by atoms with Crippen LogP contribution in [0.2, 0.25) is 0 Å². The fourth-order valence-electron chi connectivity index (χ4n) is 2.64. The van der Waals surface area contributed by atoms with Crippen LogP contribution in [0.15, 0.2) is 18.2 Å². The quantitative estimate of drug-likeness (QED) is 0.457. The van der Waals surface area contributed by atoms with Crippen molar-refractivity contribution in [2.24, 2.45) is 7.05 Å². The van der Waals surface area contributed by atoms with E-state index in [1.807, 2.05) is 0 Å². The van der Waals surface area contributed by atoms with Crippen molar-refractivity contribution < 1.29 is 19.2 Å². The molecular formula is C18H23N5O5. The van der Waals surface area contributed by atoms with Gasteiger partial charge >= 0.3 is 5.97 Å². The highest BCUT2D eigenvalue weighted by atomic mass is 16.6. The number of hydrogen-bond acceptors (Lipinski definition) is 7. The molecule has 1 aromatic carbocycles. The molecule has 0 bridgehead atoms. The summed E-state index contributed by atoms with van der Waals surface area (Å²) in [5, 5.41) is 18.2. The maximum Gasteiger partial charge on any atom is 0.339 e. The van der Waals surface area contributed by atoms with Gasteiger partial charge in [-0.15, -0.1) is 0 Å². The zero-order valence-corrected chi connectivity index (χ0v) is 16.6. The smallest absolute Gasteiger partial charge is 0.339 e. The van der Waals surface area contributed by atoms with E-state index in [2.05, 4.69) is 10.4 Å². The lowest BCUT2D eigenvalue weighted by Gasteiger charge is -2.15. The summed E-state index contributed by atoms with van der Waals surface area (Å²) in [4.78, 5) is 37.0. The molecule has 1 heterocycles. The second-order valence-corrected chi connectivity index (χ2v) is 6.56. The summed E-state index contributed by atoms with van der Waals surface area (Å²) in [6, 6.07) is 4.02. The third-order valence-corrected chi connectivity index (χ3v) is 4.30. The van der Waals surface area contributed by atoms with Gasteiger partial charge < -0.3 is 15.0 Å². The highest BCUT2D eigenvalue weighted by Gasteiger charge is 2.24. The van der Waals surface area contributed by atoms with Gasteiger partial charge in [-0.3, -0.25) is 19.6 Å². The Kier molecular flexibility index (Phi) is 6.02. The summed E-state index contributed by atoms with van der Waals surface area (Å²) in [6.07, 6.45) is -1.10. The molecule has 0 saturated heterocycles. The number of aromatic nitrogens is 2. The number of hydrogen-bond donors (Lipinski definition) is 1. The summed E-state index contributed by atoms with van der Waals surface area (Å²) in [5.74, 6) is -1.34. The number of carbonyl (C=O) groups excluding carboxylic acids is 2. The van der Waals surface area contributed by atoms with Crippen molar-refractivity contribution in [3.8, 4) is 0 Å². The average molecular weight is 389 g/mol. The van der Waals surface area contributed by atoms with Gasteiger partial charge in [0.05, 0.1) is 27.6 Å². The van der Waals surface area contributed by atoms with Crippen molar-refractivity contribution in [1.82, 2.24) is 9.78 Å². The van der Waals surface area contributed by atoms with Gasteiger partial charge in [0.15, 0.2) is 6.10 Å². The molecule has 2 aromatic rings. The van der Waals surface area contributed by atoms with Crippen LogP contribution in [0.5, 0.6) is 0 Å². The summed E-state index contributed by atoms with van der Waals surface area (Å²) in [5.41, 5.74) is 2.08. The molecule has 1 N–H and O–H groups in total. The number of carbonyl (C=O) groups is 2. The number of nitrogens with zero attached hydrogens (tertiary/aromatic N) is 4. The molecule has 10 heteroatoms. The van der Waals surface area contributed by atoms with Gasteiger partial charge in [0.25, 0.3) is 11.6 Å². The number of amides is 1. The lowest BCUT2D eigenvalue weighted by Crippen LogP contribution is -2.30. The Bertz CT molecular complexity index is 935. The fraction of sp³-hybridized carbons (Fsp3) is 0.389. The predicted molar refractivity (Wildman–Crippen MR) is 104 cm³/mol. The Morgan fingerprint density at radius 1 is 1.32 bits per heavy atom. The molecular weight excluding hydrogens is 366 g/mol. The van der Waals surface area contributed by atoms with E-state index in [1.54, 1.807) is 44.6 Å². The first-order valence-electron chi connectivity index (χ1n) is 8.50. The fourth-order valence-corrected chi connectivity index (χ4v) is 2.64. The van der Waals surface area contributed by atoms with Crippen LogP contribution in [-0.2, 0) is 16.6 Å². The van der Waals surface area contributed by atoms with Crippen molar-refractivity contribution in [3.63, 3.8) is 0 Å². The van der Waals surface area contributed by atoms with Crippen molar-refractivity contribution in [2.45, 2.75) is 26.9 Å². The van der Waals surface area contributed by atoms with E-state index in [9.17, 15) is 19.7 Å². The third kappa shape index (κ3) is 4.27. The Hall–Kier alpha value is -3.43. The van der Waals surface area contributed by atoms with Gasteiger partial charge in [-0.1, -0.05) is 0 Å². The SMILES string of the molecule is Cc1nn(C)c(C)c1NC(=O)[C@H](C)OC(=O)c1ccc(N(C)C)c([N+](=O)[O-])c1. The van der Waals surface area contributed by atoms with Crippen LogP contribution in [-0.4, -0.2) is 46.8 Å². The van der Waals surface area contributed by atoms with Crippen LogP contribution in [0.25, 0.3) is 0 Å². The summed E-state index contributed by atoms with van der Waals surface area (Å²) in [6.45, 7) is 4.99. The van der Waals surface area contributed by atoms with E-state index in [-0.39, 0.29) is 11.3 Å². The number of aryl methyl sites for hydroxylation is 2. The minimum absolute atomic E-state index is 0.00862. The molecule has 0 aliphatic rings. The van der Waals surface area contributed by atoms with Crippen molar-refractivity contribution in [1.29, 1.82) is 0 Å². The van der Waals surface area contributed by atoms with Crippen LogP contribution in [0, 0.1) is 24.0 Å². The van der Waals surface area contributed by atoms with E-state index in [0.29, 0.717) is 17.1 Å². The zero-order chi connectivity index (χ0) is 21.2. The molecule has 0 aliphatic carbocycles. The molecule has 1 amide bonds. The lowest BCUT2D eigenvalue weighted by atomic mass is 10.1. The van der Waals surface area contributed by atoms with E-state index in [1.165, 1.54) is 19.1 Å². The average Bonchev–Trinajstić information content (AvgIpc) is 2.86. The van der Waals surface area contributed by atoms with Gasteiger partial charge in [-0.2, -0.15) is 5.10 Å². The molecule has 1 aromatic heterocycles. The van der Waals surface area contributed by atoms with Crippen molar-refractivity contribution >= 4 is 28.9 Å². The molecule has 1 atom stereocenters. The van der Waals surface area contributed by atoms with Gasteiger partial charge in [0.2, 0.25) is 0 Å². The molecule has 0 spiro atoms. The Morgan fingerprint density at radius 2 is 1.96 bits per heavy atom. The summed E-state index contributed by atoms with van der Waals surface area (Å²) in [7, 11) is 5.08. The molecule has 28 heavy (non-hydrogen) atoms. The van der Waals surface area contributed by atoms with Crippen LogP contribution < -0.4 is 10.2 Å². The van der Waals surface area contributed by atoms with Crippen LogP contribution >= 0.6 is 0 Å². The van der Waals surface area contributed by atoms with E-state index in [4.69, 9.17) is 4.74 Å². The first-order chi connectivity index (χ1) is 13.0. The molecule has 0 aliphatic heterocycles. The topological polar surface area (TPSA) is 120 Å². The number of ether oxygens (including phenoxy) is 1. The lowest BCUT2D eigenvalue weighted by molar-refractivity contribution is -0.384. The number of anilines is 2. The number of benzene rings is 1. The van der Waals surface area contributed by atoms with Crippen LogP contribution in [0.3, 0.4) is 0 Å². The second kappa shape index (κ2) is 8.07. The minimum atomic E-state index is -1.10. The molecule has 150 valence electrons. The maximum atomic E-state index is 12.4. The number of nitro groups is 1. The van der Waals surface area contributed by atoms with Gasteiger partial charge in [-0.05, 0) is 32.9 Å². The van der Waals surface area contributed by atoms with Crippen molar-refractivity contribution in [3.05, 3.63) is 45.3 Å². The first kappa shape index (κ1) is 20.9. The Balaban J connectivity index is 2.14. The molecule has 10 nitrogen and oxygen atoms in total. The van der Waals surface area contributed by atoms with Gasteiger partial charge in [0, 0.05) is 27.2 Å². The predicted octanol–water partition coefficient (Wildman–Crippen LogP) is 2.20. The molecule has 0 radical (unpaired) electrons. The molecule has 0 fully saturated rings. The number of nitrogens with one attached hydrogen (secondary N) is 1. The standard InChI is InChI=1S/C18H23N5O5/c1-10-16(11(2)22(6)20-10)19-17(24)12(3)28-18(25)13-7-8-14(21(4)5)15(9-13)23(26)27/h7-9,12H,1-6H3,(H,19,24)/t12-/m0/s1. The normalized spacial score (nSPS) is 11.6. The second-order valence-electron chi connectivity index (χ2n) is 6.56. The Labute approximate surface area is 162 Å². The zero-order valence-electron chi connectivity index (χ0n) is 16.6. The third-order valence-electron chi connectivity index (χ3n) is 4.30. The summed E-state index contributed by atoms with van der Waals surface area (Å²) >= 11 is 0. The van der Waals surface area contributed by atoms with Crippen LogP contribution in [0.1, 0.15) is 28.7 Å². The van der Waals surface area contributed by atoms with Crippen molar-refractivity contribution in [2.75, 3.05) is 24.3 Å². The highest BCUT2D eigenvalue weighted by molar-refractivity contribution is 5.98. The van der Waals surface area contributed by atoms with E-state index in [0.717, 1.165) is 11.8 Å². The molecule has 0 unspecified atom stereocenters. The maximum absolute atomic E-state index is 12.4. The van der Waals surface area contributed by atoms with E-state index < -0.39 is 22.9 Å². The minimum Gasteiger partial charge on any atom is -0.449 e. The summed E-state index contributed by atoms with van der Waals surface area (Å²) < 4.78 is 6.81. The number of esters is 1. The number of rotatable bonds is 6. The number of nitro benzene ring substituents is 1.